The van der Waals surface area contributed by atoms with Crippen LogP contribution in [0.3, 0.4) is 0 Å². The molecule has 88 valence electrons. The van der Waals surface area contributed by atoms with Crippen LogP contribution in [0.2, 0.25) is 0 Å². The lowest BCUT2D eigenvalue weighted by atomic mass is 10.0. The van der Waals surface area contributed by atoms with Crippen LogP contribution in [-0.4, -0.2) is 18.0 Å². The third-order valence-corrected chi connectivity index (χ3v) is 2.97. The highest BCUT2D eigenvalue weighted by atomic mass is 16.2. The minimum absolute atomic E-state index is 0.0656. The van der Waals surface area contributed by atoms with Gasteiger partial charge in [-0.2, -0.15) is 0 Å². The summed E-state index contributed by atoms with van der Waals surface area (Å²) in [6.45, 7) is 4.49. The number of amides is 1. The van der Waals surface area contributed by atoms with E-state index in [0.717, 1.165) is 12.3 Å². The number of nitrogens with one attached hydrogen (secondary N) is 2. The Bertz CT molecular complexity index is 206. The lowest BCUT2D eigenvalue weighted by Gasteiger charge is -2.15. The summed E-state index contributed by atoms with van der Waals surface area (Å²) in [6, 6.07) is 1.15. The van der Waals surface area contributed by atoms with Gasteiger partial charge in [0, 0.05) is 18.5 Å². The molecule has 0 radical (unpaired) electrons. The number of hydrogen-bond donors (Lipinski definition) is 3. The van der Waals surface area contributed by atoms with Crippen LogP contribution in [0.1, 0.15) is 46.0 Å². The van der Waals surface area contributed by atoms with Gasteiger partial charge >= 0.3 is 0 Å². The van der Waals surface area contributed by atoms with Crippen molar-refractivity contribution in [1.82, 2.24) is 10.7 Å². The van der Waals surface area contributed by atoms with Gasteiger partial charge in [0.05, 0.1) is 0 Å². The Kier molecular flexibility index (Phi) is 5.05. The third-order valence-electron chi connectivity index (χ3n) is 2.97. The van der Waals surface area contributed by atoms with Crippen molar-refractivity contribution in [3.63, 3.8) is 0 Å². The number of carbonyl (C=O) groups is 1. The summed E-state index contributed by atoms with van der Waals surface area (Å²) in [4.78, 5) is 11.0. The highest BCUT2D eigenvalue weighted by Crippen LogP contribution is 2.20. The Morgan fingerprint density at radius 1 is 1.47 bits per heavy atom. The summed E-state index contributed by atoms with van der Waals surface area (Å²) >= 11 is 0. The van der Waals surface area contributed by atoms with Crippen molar-refractivity contribution in [3.8, 4) is 0 Å². The molecular weight excluding hydrogens is 190 g/mol. The monoisotopic (exact) mass is 213 g/mol. The number of hydrogen-bond acceptors (Lipinski definition) is 3. The van der Waals surface area contributed by atoms with Crippen LogP contribution in [-0.2, 0) is 4.79 Å². The number of carbonyl (C=O) groups excluding carboxylic acids is 1. The molecule has 4 nitrogen and oxygen atoms in total. The molecule has 0 aliphatic carbocycles. The molecule has 1 fully saturated rings. The molecule has 1 aliphatic rings. The maximum Gasteiger partial charge on any atom is 0.233 e. The van der Waals surface area contributed by atoms with Gasteiger partial charge in [-0.25, -0.2) is 5.84 Å². The predicted octanol–water partition coefficient (Wildman–Crippen LogP) is 0.923. The zero-order valence-electron chi connectivity index (χ0n) is 9.75. The summed E-state index contributed by atoms with van der Waals surface area (Å²) in [5.41, 5.74) is 2.17. The Labute approximate surface area is 92.0 Å². The van der Waals surface area contributed by atoms with Gasteiger partial charge in [-0.05, 0) is 31.6 Å². The van der Waals surface area contributed by atoms with Gasteiger partial charge in [-0.1, -0.05) is 13.8 Å². The van der Waals surface area contributed by atoms with E-state index in [1.54, 1.807) is 0 Å². The Morgan fingerprint density at radius 3 is 2.73 bits per heavy atom. The average Bonchev–Trinajstić information content (AvgIpc) is 2.61. The van der Waals surface area contributed by atoms with Gasteiger partial charge in [0.2, 0.25) is 5.91 Å². The van der Waals surface area contributed by atoms with E-state index < -0.39 is 0 Å². The fourth-order valence-corrected chi connectivity index (χ4v) is 2.26. The average molecular weight is 213 g/mol. The van der Waals surface area contributed by atoms with Gasteiger partial charge < -0.3 is 5.32 Å². The van der Waals surface area contributed by atoms with Crippen LogP contribution in [0.4, 0.5) is 0 Å². The molecule has 4 heteroatoms. The summed E-state index contributed by atoms with van der Waals surface area (Å²) in [6.07, 6.45) is 5.10. The lowest BCUT2D eigenvalue weighted by molar-refractivity contribution is -0.121. The van der Waals surface area contributed by atoms with E-state index in [0.29, 0.717) is 18.5 Å². The largest absolute Gasteiger partial charge is 0.311 e. The zero-order chi connectivity index (χ0) is 11.3. The number of nitrogens with two attached hydrogens (primary N) is 1. The van der Waals surface area contributed by atoms with Crippen molar-refractivity contribution in [2.45, 2.75) is 58.0 Å². The van der Waals surface area contributed by atoms with E-state index in [-0.39, 0.29) is 5.91 Å². The summed E-state index contributed by atoms with van der Waals surface area (Å²) in [5, 5.41) is 3.58. The quantitative estimate of drug-likeness (QED) is 0.361. The van der Waals surface area contributed by atoms with Crippen LogP contribution in [0.25, 0.3) is 0 Å². The van der Waals surface area contributed by atoms with Gasteiger partial charge in [0.25, 0.3) is 0 Å². The van der Waals surface area contributed by atoms with Crippen LogP contribution < -0.4 is 16.6 Å². The molecule has 0 aromatic carbocycles. The molecule has 1 saturated heterocycles. The van der Waals surface area contributed by atoms with E-state index >= 15 is 0 Å². The second kappa shape index (κ2) is 6.08. The first-order chi connectivity index (χ1) is 7.11. The van der Waals surface area contributed by atoms with Gasteiger partial charge in [0.15, 0.2) is 0 Å². The highest BCUT2D eigenvalue weighted by molar-refractivity contribution is 5.75. The van der Waals surface area contributed by atoms with E-state index in [1.165, 1.54) is 19.3 Å². The molecule has 0 bridgehead atoms. The fraction of sp³-hybridized carbons (Fsp3) is 0.909. The van der Waals surface area contributed by atoms with Gasteiger partial charge in [-0.15, -0.1) is 0 Å². The first kappa shape index (κ1) is 12.5. The lowest BCUT2D eigenvalue weighted by Crippen LogP contribution is -2.34. The van der Waals surface area contributed by atoms with Crippen LogP contribution in [0, 0.1) is 5.92 Å². The summed E-state index contributed by atoms with van der Waals surface area (Å²) < 4.78 is 0. The van der Waals surface area contributed by atoms with Crippen LogP contribution in [0.5, 0.6) is 0 Å². The van der Waals surface area contributed by atoms with Crippen molar-refractivity contribution in [1.29, 1.82) is 0 Å². The molecule has 1 heterocycles. The Hall–Kier alpha value is -0.610. The summed E-state index contributed by atoms with van der Waals surface area (Å²) in [7, 11) is 0. The molecular formula is C11H23N3O. The normalized spacial score (nSPS) is 25.9. The standard InChI is InChI=1S/C11H23N3O/c1-8(2)7-10-4-3-9(13-10)5-6-11(15)14-12/h8-10,13H,3-7,12H2,1-2H3,(H,14,15). The maximum atomic E-state index is 11.0. The third kappa shape index (κ3) is 4.62. The van der Waals surface area contributed by atoms with E-state index in [4.69, 9.17) is 5.84 Å². The molecule has 1 aliphatic heterocycles. The second-order valence-electron chi connectivity index (χ2n) is 4.87. The van der Waals surface area contributed by atoms with Crippen molar-refractivity contribution in [2.75, 3.05) is 0 Å². The first-order valence-electron chi connectivity index (χ1n) is 5.87. The Morgan fingerprint density at radius 2 is 2.13 bits per heavy atom. The summed E-state index contributed by atoms with van der Waals surface area (Å²) in [5.74, 6) is 5.71. The van der Waals surface area contributed by atoms with Gasteiger partial charge in [-0.3, -0.25) is 10.2 Å². The minimum atomic E-state index is -0.0656. The first-order valence-corrected chi connectivity index (χ1v) is 5.87. The van der Waals surface area contributed by atoms with E-state index in [1.807, 2.05) is 0 Å². The Balaban J connectivity index is 2.16. The number of rotatable bonds is 5. The predicted molar refractivity (Wildman–Crippen MR) is 61.0 cm³/mol. The molecule has 4 N–H and O–H groups in total. The molecule has 1 rings (SSSR count). The molecule has 1 amide bonds. The zero-order valence-corrected chi connectivity index (χ0v) is 9.75. The molecule has 0 aromatic heterocycles. The van der Waals surface area contributed by atoms with Crippen LogP contribution >= 0.6 is 0 Å². The van der Waals surface area contributed by atoms with Crippen molar-refractivity contribution >= 4 is 5.91 Å². The maximum absolute atomic E-state index is 11.0. The van der Waals surface area contributed by atoms with E-state index in [9.17, 15) is 4.79 Å². The van der Waals surface area contributed by atoms with E-state index in [2.05, 4.69) is 24.6 Å². The molecule has 15 heavy (non-hydrogen) atoms. The van der Waals surface area contributed by atoms with Crippen molar-refractivity contribution in [3.05, 3.63) is 0 Å². The smallest absolute Gasteiger partial charge is 0.233 e. The highest BCUT2D eigenvalue weighted by Gasteiger charge is 2.24. The van der Waals surface area contributed by atoms with Crippen LogP contribution in [0.15, 0.2) is 0 Å². The SMILES string of the molecule is CC(C)CC1CCC(CCC(=O)NN)N1. The molecule has 2 unspecified atom stereocenters. The molecule has 0 spiro atoms. The topological polar surface area (TPSA) is 67.2 Å². The number of hydrazine groups is 1. The van der Waals surface area contributed by atoms with Gasteiger partial charge in [0.1, 0.15) is 0 Å². The molecule has 0 saturated carbocycles. The fourth-order valence-electron chi connectivity index (χ4n) is 2.26. The minimum Gasteiger partial charge on any atom is -0.311 e. The van der Waals surface area contributed by atoms with Crippen molar-refractivity contribution < 1.29 is 4.79 Å². The van der Waals surface area contributed by atoms with Crippen molar-refractivity contribution in [2.24, 2.45) is 11.8 Å². The molecule has 2 atom stereocenters. The second-order valence-corrected chi connectivity index (χ2v) is 4.87. The molecule has 0 aromatic rings.